The second-order valence-electron chi connectivity index (χ2n) is 5.44. The van der Waals surface area contributed by atoms with Crippen molar-refractivity contribution in [3.05, 3.63) is 33.8 Å². The standard InChI is InChI=1S/C15H22Cl2N2/c1-11(10-19-8-3-4-9-19)18-12(2)13-6-5-7-14(16)15(13)17/h5-7,11-12,18H,3-4,8-10H2,1-2H3. The van der Waals surface area contributed by atoms with Gasteiger partial charge in [0.2, 0.25) is 0 Å². The second-order valence-corrected chi connectivity index (χ2v) is 6.23. The molecular formula is C15H22Cl2N2. The number of benzene rings is 1. The van der Waals surface area contributed by atoms with Crippen LogP contribution in [-0.4, -0.2) is 30.6 Å². The summed E-state index contributed by atoms with van der Waals surface area (Å²) in [5.41, 5.74) is 1.07. The predicted molar refractivity (Wildman–Crippen MR) is 83.1 cm³/mol. The zero-order valence-electron chi connectivity index (χ0n) is 11.6. The van der Waals surface area contributed by atoms with E-state index in [-0.39, 0.29) is 6.04 Å². The van der Waals surface area contributed by atoms with Gasteiger partial charge >= 0.3 is 0 Å². The molecule has 1 N–H and O–H groups in total. The van der Waals surface area contributed by atoms with Crippen molar-refractivity contribution < 1.29 is 0 Å². The summed E-state index contributed by atoms with van der Waals surface area (Å²) in [6.07, 6.45) is 2.67. The largest absolute Gasteiger partial charge is 0.306 e. The van der Waals surface area contributed by atoms with E-state index in [1.807, 2.05) is 18.2 Å². The van der Waals surface area contributed by atoms with E-state index in [2.05, 4.69) is 24.1 Å². The maximum absolute atomic E-state index is 6.26. The van der Waals surface area contributed by atoms with E-state index in [1.165, 1.54) is 25.9 Å². The van der Waals surface area contributed by atoms with Gasteiger partial charge in [0.15, 0.2) is 0 Å². The average Bonchev–Trinajstić information content (AvgIpc) is 2.85. The minimum Gasteiger partial charge on any atom is -0.306 e. The molecule has 1 aliphatic heterocycles. The van der Waals surface area contributed by atoms with Crippen LogP contribution in [0.5, 0.6) is 0 Å². The van der Waals surface area contributed by atoms with E-state index in [9.17, 15) is 0 Å². The molecule has 1 aromatic rings. The number of hydrogen-bond acceptors (Lipinski definition) is 2. The molecule has 2 atom stereocenters. The van der Waals surface area contributed by atoms with Gasteiger partial charge in [-0.25, -0.2) is 0 Å². The Hall–Kier alpha value is -0.280. The molecule has 0 saturated carbocycles. The quantitative estimate of drug-likeness (QED) is 0.879. The molecule has 0 bridgehead atoms. The van der Waals surface area contributed by atoms with Gasteiger partial charge in [-0.3, -0.25) is 0 Å². The average molecular weight is 301 g/mol. The Morgan fingerprint density at radius 1 is 1.21 bits per heavy atom. The van der Waals surface area contributed by atoms with E-state index in [0.29, 0.717) is 16.1 Å². The molecule has 0 aromatic heterocycles. The molecular weight excluding hydrogens is 279 g/mol. The fourth-order valence-corrected chi connectivity index (χ4v) is 3.25. The smallest absolute Gasteiger partial charge is 0.0639 e. The predicted octanol–water partition coefficient (Wildman–Crippen LogP) is 4.13. The minimum atomic E-state index is 0.212. The van der Waals surface area contributed by atoms with Crippen molar-refractivity contribution in [1.82, 2.24) is 10.2 Å². The molecule has 0 radical (unpaired) electrons. The van der Waals surface area contributed by atoms with Crippen LogP contribution >= 0.6 is 23.2 Å². The first-order valence-electron chi connectivity index (χ1n) is 7.00. The number of nitrogens with zero attached hydrogens (tertiary/aromatic N) is 1. The van der Waals surface area contributed by atoms with Crippen LogP contribution in [0.4, 0.5) is 0 Å². The van der Waals surface area contributed by atoms with Crippen molar-refractivity contribution in [2.24, 2.45) is 0 Å². The van der Waals surface area contributed by atoms with E-state index < -0.39 is 0 Å². The summed E-state index contributed by atoms with van der Waals surface area (Å²) in [7, 11) is 0. The SMILES string of the molecule is CC(CN1CCCC1)NC(C)c1cccc(Cl)c1Cl. The molecule has 1 aromatic carbocycles. The van der Waals surface area contributed by atoms with Gasteiger partial charge in [0.05, 0.1) is 10.0 Å². The van der Waals surface area contributed by atoms with E-state index >= 15 is 0 Å². The van der Waals surface area contributed by atoms with Crippen molar-refractivity contribution in [2.75, 3.05) is 19.6 Å². The van der Waals surface area contributed by atoms with Crippen LogP contribution in [-0.2, 0) is 0 Å². The molecule has 0 spiro atoms. The van der Waals surface area contributed by atoms with Crippen molar-refractivity contribution in [3.63, 3.8) is 0 Å². The van der Waals surface area contributed by atoms with Crippen LogP contribution in [0.15, 0.2) is 18.2 Å². The Balaban J connectivity index is 1.92. The van der Waals surface area contributed by atoms with Gasteiger partial charge in [-0.2, -0.15) is 0 Å². The lowest BCUT2D eigenvalue weighted by Crippen LogP contribution is -2.39. The highest BCUT2D eigenvalue weighted by Crippen LogP contribution is 2.29. The van der Waals surface area contributed by atoms with Crippen LogP contribution in [0.25, 0.3) is 0 Å². The molecule has 2 nitrogen and oxygen atoms in total. The number of likely N-dealkylation sites (tertiary alicyclic amines) is 1. The molecule has 1 fully saturated rings. The summed E-state index contributed by atoms with van der Waals surface area (Å²) in [6.45, 7) is 7.93. The highest BCUT2D eigenvalue weighted by molar-refractivity contribution is 6.42. The molecule has 106 valence electrons. The monoisotopic (exact) mass is 300 g/mol. The van der Waals surface area contributed by atoms with Crippen LogP contribution in [0, 0.1) is 0 Å². The molecule has 0 aliphatic carbocycles. The summed E-state index contributed by atoms with van der Waals surface area (Å²) in [6, 6.07) is 6.47. The maximum atomic E-state index is 6.26. The van der Waals surface area contributed by atoms with Gasteiger partial charge in [-0.15, -0.1) is 0 Å². The third kappa shape index (κ3) is 4.09. The van der Waals surface area contributed by atoms with Gasteiger partial charge in [0.1, 0.15) is 0 Å². The molecule has 19 heavy (non-hydrogen) atoms. The van der Waals surface area contributed by atoms with E-state index in [0.717, 1.165) is 12.1 Å². The van der Waals surface area contributed by atoms with Gasteiger partial charge in [0.25, 0.3) is 0 Å². The van der Waals surface area contributed by atoms with Gasteiger partial charge in [-0.05, 0) is 51.4 Å². The lowest BCUT2D eigenvalue weighted by Gasteiger charge is -2.25. The molecule has 1 heterocycles. The first-order chi connectivity index (χ1) is 9.08. The molecule has 2 unspecified atom stereocenters. The Morgan fingerprint density at radius 3 is 2.58 bits per heavy atom. The molecule has 4 heteroatoms. The highest BCUT2D eigenvalue weighted by atomic mass is 35.5. The van der Waals surface area contributed by atoms with Crippen molar-refractivity contribution in [2.45, 2.75) is 38.8 Å². The summed E-state index contributed by atoms with van der Waals surface area (Å²) in [4.78, 5) is 2.52. The van der Waals surface area contributed by atoms with Crippen LogP contribution in [0.3, 0.4) is 0 Å². The number of rotatable bonds is 5. The Kier molecular flexibility index (Phi) is 5.52. The summed E-state index contributed by atoms with van der Waals surface area (Å²) >= 11 is 12.3. The van der Waals surface area contributed by atoms with E-state index in [1.54, 1.807) is 0 Å². The van der Waals surface area contributed by atoms with Gasteiger partial charge in [0, 0.05) is 18.6 Å². The normalized spacial score (nSPS) is 19.6. The molecule has 2 rings (SSSR count). The Bertz CT molecular complexity index is 417. The zero-order valence-corrected chi connectivity index (χ0v) is 13.1. The number of hydrogen-bond donors (Lipinski definition) is 1. The first-order valence-corrected chi connectivity index (χ1v) is 7.76. The maximum Gasteiger partial charge on any atom is 0.0639 e. The lowest BCUT2D eigenvalue weighted by atomic mass is 10.1. The van der Waals surface area contributed by atoms with Gasteiger partial charge in [-0.1, -0.05) is 35.3 Å². The third-order valence-corrected chi connectivity index (χ3v) is 4.55. The summed E-state index contributed by atoms with van der Waals surface area (Å²) in [5, 5.41) is 4.90. The third-order valence-electron chi connectivity index (χ3n) is 3.71. The van der Waals surface area contributed by atoms with E-state index in [4.69, 9.17) is 23.2 Å². The summed E-state index contributed by atoms with van der Waals surface area (Å²) < 4.78 is 0. The number of nitrogens with one attached hydrogen (secondary N) is 1. The Labute approximate surface area is 126 Å². The van der Waals surface area contributed by atoms with Crippen molar-refractivity contribution >= 4 is 23.2 Å². The minimum absolute atomic E-state index is 0.212. The fourth-order valence-electron chi connectivity index (χ4n) is 2.78. The Morgan fingerprint density at radius 2 is 1.89 bits per heavy atom. The van der Waals surface area contributed by atoms with Crippen LogP contribution in [0.1, 0.15) is 38.3 Å². The van der Waals surface area contributed by atoms with Crippen molar-refractivity contribution in [3.8, 4) is 0 Å². The second kappa shape index (κ2) is 6.94. The molecule has 1 aliphatic rings. The zero-order chi connectivity index (χ0) is 13.8. The number of halogens is 2. The summed E-state index contributed by atoms with van der Waals surface area (Å²) in [5.74, 6) is 0. The lowest BCUT2D eigenvalue weighted by molar-refractivity contribution is 0.289. The topological polar surface area (TPSA) is 15.3 Å². The molecule has 0 amide bonds. The van der Waals surface area contributed by atoms with Crippen LogP contribution < -0.4 is 5.32 Å². The highest BCUT2D eigenvalue weighted by Gasteiger charge is 2.18. The van der Waals surface area contributed by atoms with Crippen LogP contribution in [0.2, 0.25) is 10.0 Å². The van der Waals surface area contributed by atoms with Crippen molar-refractivity contribution in [1.29, 1.82) is 0 Å². The molecule has 1 saturated heterocycles. The first kappa shape index (κ1) is 15.1. The van der Waals surface area contributed by atoms with Gasteiger partial charge < -0.3 is 10.2 Å². The fraction of sp³-hybridized carbons (Fsp3) is 0.600.